The molecule has 1 aliphatic heterocycles. The van der Waals surface area contributed by atoms with Gasteiger partial charge >= 0.3 is 11.9 Å². The Morgan fingerprint density at radius 2 is 1.50 bits per heavy atom. The van der Waals surface area contributed by atoms with Crippen molar-refractivity contribution in [2.75, 3.05) is 35.0 Å². The molecule has 1 rings (SSSR count). The Bertz CT molecular complexity index is 412. The van der Waals surface area contributed by atoms with Gasteiger partial charge in [-0.15, -0.1) is 0 Å². The quantitative estimate of drug-likeness (QED) is 0.556. The lowest BCUT2D eigenvalue weighted by molar-refractivity contribution is -0.315. The summed E-state index contributed by atoms with van der Waals surface area (Å²) >= 11 is 0. The van der Waals surface area contributed by atoms with Crippen molar-refractivity contribution in [2.45, 2.75) is 50.7 Å². The molecule has 0 aliphatic carbocycles. The molecular weight excluding hydrogens is 324 g/mol. The second-order valence-electron chi connectivity index (χ2n) is 5.28. The van der Waals surface area contributed by atoms with Crippen LogP contribution in [0.3, 0.4) is 0 Å². The zero-order chi connectivity index (χ0) is 18.3. The minimum Gasteiger partial charge on any atom is -0.456 e. The highest BCUT2D eigenvalue weighted by atomic mass is 16.7. The summed E-state index contributed by atoms with van der Waals surface area (Å²) in [5.74, 6) is -1.10. The topological polar surface area (TPSA) is 98.8 Å². The first-order chi connectivity index (χ1) is 11.4. The predicted octanol–water partition coefficient (Wildman–Crippen LogP) is -0.102. The third-order valence-electron chi connectivity index (χ3n) is 3.64. The van der Waals surface area contributed by atoms with Crippen LogP contribution in [0.2, 0.25) is 0 Å². The van der Waals surface area contributed by atoms with Crippen LogP contribution >= 0.6 is 0 Å². The average Bonchev–Trinajstić information content (AvgIpc) is 2.53. The summed E-state index contributed by atoms with van der Waals surface area (Å²) in [6.07, 6.45) is -4.84. The number of carbonyl (C=O) groups is 2. The monoisotopic (exact) mass is 350 g/mol. The largest absolute Gasteiger partial charge is 0.456 e. The molecule has 9 nitrogen and oxygen atoms in total. The fraction of sp³-hybridized carbons (Fsp3) is 0.867. The van der Waals surface area contributed by atoms with Gasteiger partial charge in [-0.1, -0.05) is 0 Å². The first-order valence-electron chi connectivity index (χ1n) is 7.46. The fourth-order valence-electron chi connectivity index (χ4n) is 2.69. The zero-order valence-corrected chi connectivity index (χ0v) is 14.8. The highest BCUT2D eigenvalue weighted by molar-refractivity contribution is 5.67. The number of esters is 2. The average molecular weight is 350 g/mol. The van der Waals surface area contributed by atoms with E-state index in [1.165, 1.54) is 42.3 Å². The molecule has 140 valence electrons. The number of hydrogen-bond acceptors (Lipinski definition) is 9. The third-order valence-corrected chi connectivity index (χ3v) is 3.64. The van der Waals surface area contributed by atoms with Gasteiger partial charge < -0.3 is 33.2 Å². The summed E-state index contributed by atoms with van der Waals surface area (Å²) in [5, 5.41) is 0. The van der Waals surface area contributed by atoms with Crippen LogP contribution in [0.25, 0.3) is 0 Å². The van der Waals surface area contributed by atoms with Crippen molar-refractivity contribution in [3.8, 4) is 0 Å². The maximum atomic E-state index is 11.5. The van der Waals surface area contributed by atoms with Crippen LogP contribution in [-0.2, 0) is 42.7 Å². The van der Waals surface area contributed by atoms with Crippen molar-refractivity contribution in [3.63, 3.8) is 0 Å². The van der Waals surface area contributed by atoms with E-state index in [-0.39, 0.29) is 6.61 Å². The molecule has 6 atom stereocenters. The van der Waals surface area contributed by atoms with Gasteiger partial charge in [0.2, 0.25) is 0 Å². The minimum absolute atomic E-state index is 0.180. The normalized spacial score (nSPS) is 31.3. The lowest BCUT2D eigenvalue weighted by Gasteiger charge is -2.45. The number of methoxy groups -OCH3 is 4. The Morgan fingerprint density at radius 3 is 1.92 bits per heavy atom. The Balaban J connectivity index is 3.22. The summed E-state index contributed by atoms with van der Waals surface area (Å²) in [7, 11) is 5.83. The van der Waals surface area contributed by atoms with E-state index in [1.807, 2.05) is 0 Å². The molecule has 0 aromatic rings. The molecule has 1 aliphatic rings. The van der Waals surface area contributed by atoms with E-state index in [2.05, 4.69) is 0 Å². The third kappa shape index (κ3) is 5.12. The Hall–Kier alpha value is -1.26. The molecule has 9 heteroatoms. The van der Waals surface area contributed by atoms with Crippen LogP contribution in [0.1, 0.15) is 13.8 Å². The smallest absolute Gasteiger partial charge is 0.303 e. The highest BCUT2D eigenvalue weighted by Gasteiger charge is 2.53. The molecular formula is C15H26O9. The van der Waals surface area contributed by atoms with Crippen LogP contribution in [0, 0.1) is 0 Å². The number of hydrogen-bond donors (Lipinski definition) is 0. The van der Waals surface area contributed by atoms with E-state index in [0.717, 1.165) is 0 Å². The number of carbonyl (C=O) groups excluding carboxylic acids is 2. The summed E-state index contributed by atoms with van der Waals surface area (Å²) in [4.78, 5) is 23.1. The van der Waals surface area contributed by atoms with Crippen LogP contribution in [0.4, 0.5) is 0 Å². The van der Waals surface area contributed by atoms with Crippen molar-refractivity contribution in [3.05, 3.63) is 0 Å². The van der Waals surface area contributed by atoms with E-state index in [0.29, 0.717) is 0 Å². The van der Waals surface area contributed by atoms with Crippen LogP contribution < -0.4 is 0 Å². The molecule has 1 heterocycles. The van der Waals surface area contributed by atoms with E-state index in [1.54, 1.807) is 0 Å². The second-order valence-corrected chi connectivity index (χ2v) is 5.28. The van der Waals surface area contributed by atoms with Crippen molar-refractivity contribution in [2.24, 2.45) is 0 Å². The van der Waals surface area contributed by atoms with Crippen LogP contribution in [0.15, 0.2) is 0 Å². The van der Waals surface area contributed by atoms with Gasteiger partial charge in [-0.3, -0.25) is 9.59 Å². The van der Waals surface area contributed by atoms with Gasteiger partial charge in [-0.2, -0.15) is 0 Å². The maximum Gasteiger partial charge on any atom is 0.303 e. The number of rotatable bonds is 8. The molecule has 0 aromatic carbocycles. The zero-order valence-electron chi connectivity index (χ0n) is 14.8. The van der Waals surface area contributed by atoms with Gasteiger partial charge in [0.15, 0.2) is 18.5 Å². The SMILES string of the molecule is COC[C@@H](OC)[C@H]1O[C@@H](OC)[C@H](OC)[C@@H](OC(C)=O)[C@@H]1OC(C)=O. The first-order valence-corrected chi connectivity index (χ1v) is 7.46. The van der Waals surface area contributed by atoms with E-state index >= 15 is 0 Å². The van der Waals surface area contributed by atoms with E-state index in [4.69, 9.17) is 33.2 Å². The Morgan fingerprint density at radius 1 is 0.917 bits per heavy atom. The van der Waals surface area contributed by atoms with Gasteiger partial charge in [0.25, 0.3) is 0 Å². The Kier molecular flexibility index (Phi) is 8.57. The summed E-state index contributed by atoms with van der Waals surface area (Å²) in [5.41, 5.74) is 0. The molecule has 0 spiro atoms. The van der Waals surface area contributed by atoms with E-state index in [9.17, 15) is 9.59 Å². The van der Waals surface area contributed by atoms with Crippen LogP contribution in [-0.4, -0.2) is 83.8 Å². The van der Waals surface area contributed by atoms with Crippen molar-refractivity contribution in [1.82, 2.24) is 0 Å². The molecule has 1 saturated heterocycles. The Labute approximate surface area is 141 Å². The van der Waals surface area contributed by atoms with Crippen molar-refractivity contribution in [1.29, 1.82) is 0 Å². The molecule has 0 saturated carbocycles. The molecule has 1 fully saturated rings. The predicted molar refractivity (Wildman–Crippen MR) is 80.2 cm³/mol. The highest BCUT2D eigenvalue weighted by Crippen LogP contribution is 2.31. The molecule has 0 amide bonds. The van der Waals surface area contributed by atoms with Gasteiger partial charge in [0.1, 0.15) is 18.3 Å². The lowest BCUT2D eigenvalue weighted by Crippen LogP contribution is -2.64. The second kappa shape index (κ2) is 9.90. The first kappa shape index (κ1) is 20.8. The van der Waals surface area contributed by atoms with Crippen LogP contribution in [0.5, 0.6) is 0 Å². The van der Waals surface area contributed by atoms with Gasteiger partial charge in [-0.25, -0.2) is 0 Å². The summed E-state index contributed by atoms with van der Waals surface area (Å²) < 4.78 is 37.7. The van der Waals surface area contributed by atoms with E-state index < -0.39 is 48.7 Å². The van der Waals surface area contributed by atoms with Crippen molar-refractivity contribution >= 4 is 11.9 Å². The molecule has 0 unspecified atom stereocenters. The summed E-state index contributed by atoms with van der Waals surface area (Å²) in [6.45, 7) is 2.69. The number of ether oxygens (including phenoxy) is 7. The van der Waals surface area contributed by atoms with Gasteiger partial charge in [0, 0.05) is 42.3 Å². The van der Waals surface area contributed by atoms with Gasteiger partial charge in [-0.05, 0) is 0 Å². The summed E-state index contributed by atoms with van der Waals surface area (Å²) in [6, 6.07) is 0. The van der Waals surface area contributed by atoms with Crippen molar-refractivity contribution < 1.29 is 42.7 Å². The maximum absolute atomic E-state index is 11.5. The van der Waals surface area contributed by atoms with Gasteiger partial charge in [0.05, 0.1) is 6.61 Å². The minimum atomic E-state index is -0.942. The fourth-order valence-corrected chi connectivity index (χ4v) is 2.69. The molecule has 0 radical (unpaired) electrons. The molecule has 24 heavy (non-hydrogen) atoms. The molecule has 0 bridgehead atoms. The standard InChI is InChI=1S/C15H26O9/c1-8(16)22-12-11(10(19-4)7-18-3)24-15(21-6)14(20-5)13(12)23-9(2)17/h10-15H,7H2,1-6H3/t10-,11-,12-,13+,14-,15-/m1/s1. The molecule has 0 N–H and O–H groups in total. The lowest BCUT2D eigenvalue weighted by atomic mass is 9.94. The molecule has 0 aromatic heterocycles.